The molecule has 0 radical (unpaired) electrons. The number of ether oxygens (including phenoxy) is 5. The van der Waals surface area contributed by atoms with Crippen LogP contribution in [0.3, 0.4) is 0 Å². The molecule has 2 fully saturated rings. The molecule has 8 N–H and O–H groups in total. The minimum Gasteiger partial charge on any atom is -0.508 e. The minimum absolute atomic E-state index is 0.100. The van der Waals surface area contributed by atoms with Gasteiger partial charge in [-0.05, 0) is 38.1 Å². The smallest absolute Gasteiger partial charge is 0.239 e. The normalized spacial score (nSPS) is 32.9. The van der Waals surface area contributed by atoms with Crippen molar-refractivity contribution in [3.05, 3.63) is 40.6 Å². The van der Waals surface area contributed by atoms with Gasteiger partial charge < -0.3 is 69.0 Å². The highest BCUT2D eigenvalue weighted by Crippen LogP contribution is 2.45. The third-order valence-electron chi connectivity index (χ3n) is 7.46. The Hall–Kier alpha value is -3.67. The number of fused-ring (bicyclic) bond motifs is 1. The Morgan fingerprint density at radius 3 is 1.79 bits per heavy atom. The lowest BCUT2D eigenvalue weighted by Crippen LogP contribution is -2.58. The number of aromatic hydroxyl groups is 2. The Morgan fingerprint density at radius 2 is 1.26 bits per heavy atom. The first kappa shape index (κ1) is 30.8. The van der Waals surface area contributed by atoms with Crippen molar-refractivity contribution in [1.29, 1.82) is 0 Å². The molecule has 2 aliphatic rings. The van der Waals surface area contributed by atoms with E-state index in [1.165, 1.54) is 38.1 Å². The molecule has 3 heterocycles. The van der Waals surface area contributed by atoms with Crippen LogP contribution in [-0.2, 0) is 9.47 Å². The van der Waals surface area contributed by atoms with Gasteiger partial charge in [-0.1, -0.05) is 0 Å². The van der Waals surface area contributed by atoms with Gasteiger partial charge in [-0.25, -0.2) is 0 Å². The molecular formula is C28H32O15. The molecule has 43 heavy (non-hydrogen) atoms. The maximum absolute atomic E-state index is 13.9. The highest BCUT2D eigenvalue weighted by molar-refractivity contribution is 5.91. The molecule has 15 nitrogen and oxygen atoms in total. The van der Waals surface area contributed by atoms with Crippen LogP contribution >= 0.6 is 0 Å². The van der Waals surface area contributed by atoms with Crippen molar-refractivity contribution in [3.8, 4) is 40.1 Å². The van der Waals surface area contributed by atoms with Gasteiger partial charge in [0.2, 0.25) is 29.5 Å². The molecule has 2 aliphatic heterocycles. The van der Waals surface area contributed by atoms with E-state index in [-0.39, 0.29) is 34.2 Å². The summed E-state index contributed by atoms with van der Waals surface area (Å²) in [6, 6.07) is 6.56. The van der Waals surface area contributed by atoms with Crippen molar-refractivity contribution in [2.75, 3.05) is 7.11 Å². The molecule has 0 aliphatic carbocycles. The van der Waals surface area contributed by atoms with Crippen molar-refractivity contribution in [1.82, 2.24) is 0 Å². The van der Waals surface area contributed by atoms with Crippen molar-refractivity contribution < 1.29 is 69.0 Å². The van der Waals surface area contributed by atoms with E-state index in [0.29, 0.717) is 0 Å². The number of aliphatic hydroxyl groups is 6. The van der Waals surface area contributed by atoms with E-state index in [0.717, 1.165) is 13.2 Å². The number of methoxy groups -OCH3 is 1. The summed E-state index contributed by atoms with van der Waals surface area (Å²) in [7, 11) is 1.16. The quantitative estimate of drug-likeness (QED) is 0.173. The second-order valence-electron chi connectivity index (χ2n) is 10.4. The maximum atomic E-state index is 13.9. The number of aliphatic hydroxyl groups excluding tert-OH is 6. The van der Waals surface area contributed by atoms with Crippen molar-refractivity contribution in [2.24, 2.45) is 0 Å². The molecule has 10 atom stereocenters. The number of hydrogen-bond donors (Lipinski definition) is 8. The number of rotatable bonds is 6. The van der Waals surface area contributed by atoms with Gasteiger partial charge in [0.15, 0.2) is 17.3 Å². The van der Waals surface area contributed by atoms with Crippen LogP contribution in [0.15, 0.2) is 39.5 Å². The lowest BCUT2D eigenvalue weighted by atomic mass is 10.00. The first-order valence-electron chi connectivity index (χ1n) is 13.3. The predicted octanol–water partition coefficient (Wildman–Crippen LogP) is -0.708. The van der Waals surface area contributed by atoms with Crippen LogP contribution in [-0.4, -0.2) is 109 Å². The average Bonchev–Trinajstić information content (AvgIpc) is 2.98. The molecule has 234 valence electrons. The van der Waals surface area contributed by atoms with Crippen LogP contribution in [0.1, 0.15) is 13.8 Å². The van der Waals surface area contributed by atoms with Crippen LogP contribution in [0.5, 0.6) is 28.7 Å². The summed E-state index contributed by atoms with van der Waals surface area (Å²) in [6.07, 6.45) is -14.7. The van der Waals surface area contributed by atoms with Gasteiger partial charge in [-0.15, -0.1) is 0 Å². The Kier molecular flexibility index (Phi) is 8.43. The van der Waals surface area contributed by atoms with Crippen molar-refractivity contribution in [2.45, 2.75) is 75.3 Å². The maximum Gasteiger partial charge on any atom is 0.239 e. The Bertz CT molecular complexity index is 1520. The molecule has 0 spiro atoms. The lowest BCUT2D eigenvalue weighted by Gasteiger charge is -2.39. The molecule has 5 rings (SSSR count). The number of hydrogen-bond acceptors (Lipinski definition) is 15. The van der Waals surface area contributed by atoms with Gasteiger partial charge in [0, 0.05) is 11.6 Å². The van der Waals surface area contributed by atoms with E-state index in [1.54, 1.807) is 0 Å². The van der Waals surface area contributed by atoms with Crippen LogP contribution < -0.4 is 19.6 Å². The minimum atomic E-state index is -1.79. The van der Waals surface area contributed by atoms with Crippen molar-refractivity contribution in [3.63, 3.8) is 0 Å². The van der Waals surface area contributed by atoms with Crippen LogP contribution in [0.25, 0.3) is 22.3 Å². The zero-order valence-electron chi connectivity index (χ0n) is 23.1. The van der Waals surface area contributed by atoms with Crippen LogP contribution in [0, 0.1) is 0 Å². The fourth-order valence-corrected chi connectivity index (χ4v) is 4.93. The lowest BCUT2D eigenvalue weighted by molar-refractivity contribution is -0.268. The Morgan fingerprint density at radius 1 is 0.721 bits per heavy atom. The average molecular weight is 609 g/mol. The van der Waals surface area contributed by atoms with Gasteiger partial charge in [0.05, 0.1) is 19.3 Å². The van der Waals surface area contributed by atoms with Crippen LogP contribution in [0.2, 0.25) is 0 Å². The fourth-order valence-electron chi connectivity index (χ4n) is 4.93. The molecule has 0 bridgehead atoms. The van der Waals surface area contributed by atoms with E-state index < -0.39 is 83.7 Å². The van der Waals surface area contributed by atoms with Gasteiger partial charge >= 0.3 is 0 Å². The first-order valence-corrected chi connectivity index (χ1v) is 13.3. The molecule has 2 aromatic carbocycles. The molecule has 0 unspecified atom stereocenters. The number of phenols is 2. The summed E-state index contributed by atoms with van der Waals surface area (Å²) in [6.45, 7) is 2.87. The summed E-state index contributed by atoms with van der Waals surface area (Å²) in [4.78, 5) is 13.9. The number of benzene rings is 2. The summed E-state index contributed by atoms with van der Waals surface area (Å²) >= 11 is 0. The highest BCUT2D eigenvalue weighted by atomic mass is 16.7. The predicted molar refractivity (Wildman–Crippen MR) is 144 cm³/mol. The fraction of sp³-hybridized carbons (Fsp3) is 0.464. The Balaban J connectivity index is 1.65. The third-order valence-corrected chi connectivity index (χ3v) is 7.46. The first-order chi connectivity index (χ1) is 20.3. The zero-order chi connectivity index (χ0) is 31.3. The largest absolute Gasteiger partial charge is 0.508 e. The second kappa shape index (κ2) is 11.8. The van der Waals surface area contributed by atoms with Crippen molar-refractivity contribution >= 4 is 11.0 Å². The SMILES string of the molecule is COc1c(O[C@H]2O[C@@H](C)[C@H](O)[C@H](O)[C@@H]2O)cc2oc(-c3ccc(O)cc3)c(O[C@@H]3O[C@@H](C)[C@H](O)[C@H](O)[C@@H]3O)c(=O)c2c1O. The van der Waals surface area contributed by atoms with E-state index in [2.05, 4.69) is 0 Å². The molecule has 3 aromatic rings. The third kappa shape index (κ3) is 5.45. The topological polar surface area (TPSA) is 238 Å². The molecular weight excluding hydrogens is 576 g/mol. The van der Waals surface area contributed by atoms with E-state index in [9.17, 15) is 45.6 Å². The molecule has 1 aromatic heterocycles. The van der Waals surface area contributed by atoms with Crippen LogP contribution in [0.4, 0.5) is 0 Å². The molecule has 0 saturated carbocycles. The molecule has 0 amide bonds. The van der Waals surface area contributed by atoms with Gasteiger partial charge in [-0.3, -0.25) is 4.79 Å². The highest BCUT2D eigenvalue weighted by Gasteiger charge is 2.45. The second-order valence-corrected chi connectivity index (χ2v) is 10.4. The summed E-state index contributed by atoms with van der Waals surface area (Å²) in [5.41, 5.74) is -1.01. The van der Waals surface area contributed by atoms with Gasteiger partial charge in [0.25, 0.3) is 0 Å². The summed E-state index contributed by atoms with van der Waals surface area (Å²) in [5, 5.41) is 81.9. The van der Waals surface area contributed by atoms with E-state index >= 15 is 0 Å². The van der Waals surface area contributed by atoms with Gasteiger partial charge in [-0.2, -0.15) is 0 Å². The standard InChI is InChI=1S/C28H32O15/c1-9-16(30)20(34)22(36)27(39-9)42-14-8-13-15(18(32)25(14)38-3)19(33)26(24(41-13)11-4-6-12(29)7-5-11)43-28-23(37)21(35)17(31)10(2)40-28/h4-10,16-17,20-23,27-32,34-37H,1-3H3/t9-,10-,16-,17-,20-,21-,22-,23-,27+,28-/m0/s1. The van der Waals surface area contributed by atoms with Gasteiger partial charge in [0.1, 0.15) is 53.3 Å². The summed E-state index contributed by atoms with van der Waals surface area (Å²) in [5.74, 6) is -2.30. The number of phenolic OH excluding ortho intramolecular Hbond substituents is 2. The molecule has 2 saturated heterocycles. The zero-order valence-corrected chi connectivity index (χ0v) is 23.1. The monoisotopic (exact) mass is 608 g/mol. The van der Waals surface area contributed by atoms with E-state index in [4.69, 9.17) is 28.1 Å². The Labute approximate surface area is 243 Å². The summed E-state index contributed by atoms with van der Waals surface area (Å²) < 4.78 is 33.7. The van der Waals surface area contributed by atoms with E-state index in [1.807, 2.05) is 0 Å². The molecule has 15 heteroatoms.